The number of carbonyl (C=O) groups is 1. The summed E-state index contributed by atoms with van der Waals surface area (Å²) in [6.45, 7) is 2.76. The van der Waals surface area contributed by atoms with Gasteiger partial charge in [0.15, 0.2) is 0 Å². The number of nitrogens with zero attached hydrogens (tertiary/aromatic N) is 1. The van der Waals surface area contributed by atoms with E-state index in [2.05, 4.69) is 113 Å². The topological polar surface area (TPSA) is 84.9 Å². The van der Waals surface area contributed by atoms with Crippen LogP contribution in [0.25, 0.3) is 0 Å². The number of benzene rings is 2. The monoisotopic (exact) mass is 692 g/mol. The summed E-state index contributed by atoms with van der Waals surface area (Å²) in [5.41, 5.74) is 2.65. The van der Waals surface area contributed by atoms with Gasteiger partial charge in [0.25, 0.3) is 6.47 Å². The molecule has 2 N–H and O–H groups in total. The number of aliphatic hydroxyl groups excluding tert-OH is 1. The molecule has 0 radical (unpaired) electrons. The molecule has 0 aliphatic heterocycles. The molecule has 0 saturated carbocycles. The Morgan fingerprint density at radius 1 is 1.00 bits per heavy atom. The molecular formula is C21H33Br3K2N2O4. The Balaban J connectivity index is -0.0000000750. The van der Waals surface area contributed by atoms with E-state index in [1.54, 1.807) is 6.92 Å². The minimum absolute atomic E-state index is 0. The molecule has 11 heteroatoms. The van der Waals surface area contributed by atoms with Gasteiger partial charge in [0.05, 0.1) is 0 Å². The Morgan fingerprint density at radius 3 is 1.50 bits per heavy atom. The molecule has 0 aliphatic rings. The van der Waals surface area contributed by atoms with E-state index < -0.39 is 0 Å². The summed E-state index contributed by atoms with van der Waals surface area (Å²) in [5, 5.41) is 19.7. The van der Waals surface area contributed by atoms with Gasteiger partial charge in [0, 0.05) is 27.4 Å². The summed E-state index contributed by atoms with van der Waals surface area (Å²) >= 11 is 10.1. The van der Waals surface area contributed by atoms with Gasteiger partial charge in [-0.3, -0.25) is 4.79 Å². The summed E-state index contributed by atoms with van der Waals surface area (Å²) in [6.07, 6.45) is 0. The van der Waals surface area contributed by atoms with Crippen LogP contribution in [0.3, 0.4) is 0 Å². The van der Waals surface area contributed by atoms with Gasteiger partial charge in [0.2, 0.25) is 0 Å². The predicted molar refractivity (Wildman–Crippen MR) is 134 cm³/mol. The summed E-state index contributed by atoms with van der Waals surface area (Å²) < 4.78 is 2.27. The van der Waals surface area contributed by atoms with Gasteiger partial charge >= 0.3 is 103 Å². The van der Waals surface area contributed by atoms with Crippen LogP contribution >= 0.6 is 47.8 Å². The Labute approximate surface area is 305 Å². The maximum Gasteiger partial charge on any atom is 1.00 e. The molecule has 0 fully saturated rings. The maximum absolute atomic E-state index is 8.64. The van der Waals surface area contributed by atoms with Crippen molar-refractivity contribution in [3.05, 3.63) is 68.6 Å². The van der Waals surface area contributed by atoms with Crippen molar-refractivity contribution in [3.8, 4) is 0 Å². The maximum atomic E-state index is 8.64. The largest absolute Gasteiger partial charge is 1.00 e. The minimum atomic E-state index is -0.181. The molecule has 174 valence electrons. The standard InChI is InChI=1S/C9H12BrN.C7H6Br2.C2H7N.C2H6O.CH2O3.2K.H/c1-11(2)7-8-3-5-9(10)6-4-8;8-5-6-1-3-7(9)4-2-6;1-3-2;1-2-3;2-1-4-3;;;/h3-6H,7H2,1-2H3;1-4H,5H2;3H,1-2H3;3H,2H2,1H3;1,3H;;;/q;;;;;2*+1;-1/p-1. The van der Waals surface area contributed by atoms with E-state index in [1.165, 1.54) is 11.1 Å². The van der Waals surface area contributed by atoms with Gasteiger partial charge in [-0.2, -0.15) is 0 Å². The molecule has 2 aromatic carbocycles. The van der Waals surface area contributed by atoms with Crippen molar-refractivity contribution in [1.82, 2.24) is 10.2 Å². The van der Waals surface area contributed by atoms with E-state index >= 15 is 0 Å². The molecule has 0 aromatic heterocycles. The van der Waals surface area contributed by atoms with Crippen LogP contribution in [0.2, 0.25) is 0 Å². The van der Waals surface area contributed by atoms with Crippen molar-refractivity contribution < 1.29 is 124 Å². The SMILES string of the molecule is BrCc1ccc(Br)cc1.CCO.CN(C)Cc1ccc(Br)cc1.CNC.O=CO[O-].[H-].[K+].[K+]. The van der Waals surface area contributed by atoms with Crippen LogP contribution in [0.5, 0.6) is 0 Å². The first-order valence-electron chi connectivity index (χ1n) is 8.87. The van der Waals surface area contributed by atoms with Crippen molar-refractivity contribution in [1.29, 1.82) is 0 Å². The zero-order valence-corrected chi connectivity index (χ0v) is 31.1. The number of hydrogen-bond donors (Lipinski definition) is 2. The smallest absolute Gasteiger partial charge is 1.00 e. The Morgan fingerprint density at radius 2 is 1.28 bits per heavy atom. The molecule has 6 nitrogen and oxygen atoms in total. The second kappa shape index (κ2) is 35.6. The van der Waals surface area contributed by atoms with E-state index in [0.717, 1.165) is 20.8 Å². The molecule has 0 bridgehead atoms. The van der Waals surface area contributed by atoms with Gasteiger partial charge < -0.3 is 26.9 Å². The zero-order chi connectivity index (χ0) is 23.8. The minimum Gasteiger partial charge on any atom is -1.00 e. The second-order valence-electron chi connectivity index (χ2n) is 5.63. The van der Waals surface area contributed by atoms with Crippen molar-refractivity contribution in [2.75, 3.05) is 34.8 Å². The van der Waals surface area contributed by atoms with E-state index in [0.29, 0.717) is 0 Å². The Hall–Kier alpha value is 2.46. The summed E-state index contributed by atoms with van der Waals surface area (Å²) in [7, 11) is 7.89. The van der Waals surface area contributed by atoms with Gasteiger partial charge in [0.1, 0.15) is 0 Å². The van der Waals surface area contributed by atoms with Crippen molar-refractivity contribution in [2.24, 2.45) is 0 Å². The van der Waals surface area contributed by atoms with E-state index in [9.17, 15) is 0 Å². The number of aliphatic hydroxyl groups is 1. The molecular weight excluding hydrogens is 662 g/mol. The van der Waals surface area contributed by atoms with Gasteiger partial charge in [-0.25, -0.2) is 0 Å². The van der Waals surface area contributed by atoms with Gasteiger partial charge in [-0.1, -0.05) is 72.1 Å². The second-order valence-corrected chi connectivity index (χ2v) is 8.03. The van der Waals surface area contributed by atoms with Gasteiger partial charge in [-0.15, -0.1) is 0 Å². The van der Waals surface area contributed by atoms with Crippen LogP contribution in [-0.4, -0.2) is 51.3 Å². The van der Waals surface area contributed by atoms with Crippen molar-refractivity contribution >= 4 is 54.3 Å². The average molecular weight is 695 g/mol. The molecule has 0 aliphatic carbocycles. The van der Waals surface area contributed by atoms with Crippen LogP contribution in [0.15, 0.2) is 57.5 Å². The number of rotatable bonds is 4. The average Bonchev–Trinajstić information content (AvgIpc) is 2.72. The first kappa shape index (κ1) is 44.5. The fourth-order valence-corrected chi connectivity index (χ4v) is 2.43. The van der Waals surface area contributed by atoms with Gasteiger partial charge in [-0.05, 0) is 70.5 Å². The van der Waals surface area contributed by atoms with E-state index in [1.807, 2.05) is 26.2 Å². The normalized spacial score (nSPS) is 8.09. The molecule has 2 rings (SSSR count). The fourth-order valence-electron chi connectivity index (χ4n) is 1.53. The Kier molecular flexibility index (Phi) is 49.5. The zero-order valence-electron chi connectivity index (χ0n) is 21.1. The fraction of sp³-hybridized carbons (Fsp3) is 0.381. The molecule has 0 spiro atoms. The van der Waals surface area contributed by atoms with Crippen molar-refractivity contribution in [3.63, 3.8) is 0 Å². The van der Waals surface area contributed by atoms with Crippen LogP contribution in [0.1, 0.15) is 19.5 Å². The summed E-state index contributed by atoms with van der Waals surface area (Å²) in [5.74, 6) is 0. The molecule has 0 amide bonds. The first-order chi connectivity index (χ1) is 14.2. The summed E-state index contributed by atoms with van der Waals surface area (Å²) in [4.78, 5) is 13.4. The Bertz CT molecular complexity index is 613. The van der Waals surface area contributed by atoms with Crippen LogP contribution in [0, 0.1) is 0 Å². The number of nitrogens with one attached hydrogen (secondary N) is 1. The van der Waals surface area contributed by atoms with Crippen LogP contribution < -0.4 is 113 Å². The molecule has 0 atom stereocenters. The predicted octanol–water partition coefficient (Wildman–Crippen LogP) is -1.76. The number of halogens is 3. The molecule has 0 saturated heterocycles. The number of hydrogen-bond acceptors (Lipinski definition) is 6. The molecule has 32 heavy (non-hydrogen) atoms. The van der Waals surface area contributed by atoms with Crippen LogP contribution in [-0.2, 0) is 21.6 Å². The van der Waals surface area contributed by atoms with E-state index in [-0.39, 0.29) is 117 Å². The first-order valence-corrected chi connectivity index (χ1v) is 11.6. The third kappa shape index (κ3) is 37.0. The molecule has 0 unspecified atom stereocenters. The third-order valence-corrected chi connectivity index (χ3v) is 4.22. The van der Waals surface area contributed by atoms with Crippen LogP contribution in [0.4, 0.5) is 0 Å². The molecule has 0 heterocycles. The number of alkyl halides is 1. The van der Waals surface area contributed by atoms with Crippen molar-refractivity contribution in [2.45, 2.75) is 18.8 Å². The quantitative estimate of drug-likeness (QED) is 0.130. The number of carbonyl (C=O) groups excluding carboxylic acids is 1. The summed E-state index contributed by atoms with van der Waals surface area (Å²) in [6, 6.07) is 16.6. The molecule has 2 aromatic rings. The van der Waals surface area contributed by atoms with E-state index in [4.69, 9.17) is 15.2 Å². The third-order valence-electron chi connectivity index (χ3n) is 2.52.